The molecule has 1 saturated heterocycles. The highest BCUT2D eigenvalue weighted by molar-refractivity contribution is 5.85. The van der Waals surface area contributed by atoms with E-state index in [1.807, 2.05) is 38.1 Å². The van der Waals surface area contributed by atoms with Crippen molar-refractivity contribution in [1.82, 2.24) is 5.32 Å². The summed E-state index contributed by atoms with van der Waals surface area (Å²) in [6.07, 6.45) is 0.628. The van der Waals surface area contributed by atoms with Crippen LogP contribution in [0.15, 0.2) is 24.3 Å². The summed E-state index contributed by atoms with van der Waals surface area (Å²) in [6.45, 7) is 4.46. The zero-order valence-electron chi connectivity index (χ0n) is 10.5. The summed E-state index contributed by atoms with van der Waals surface area (Å²) in [4.78, 5) is 11.1. The number of amides is 1. The summed E-state index contributed by atoms with van der Waals surface area (Å²) in [5, 5.41) is 2.79. The molecule has 0 aromatic heterocycles. The van der Waals surface area contributed by atoms with Gasteiger partial charge in [-0.2, -0.15) is 0 Å². The molecule has 18 heavy (non-hydrogen) atoms. The Balaban J connectivity index is 0.00000162. The Morgan fingerprint density at radius 2 is 2.00 bits per heavy atom. The molecule has 1 amide bonds. The lowest BCUT2D eigenvalue weighted by molar-refractivity contribution is 0.115. The monoisotopic (exact) mass is 271 g/mol. The van der Waals surface area contributed by atoms with Crippen LogP contribution >= 0.6 is 12.4 Å². The number of alkyl carbamates (subject to hydrolysis) is 1. The number of hydrogen-bond acceptors (Lipinski definition) is 3. The minimum absolute atomic E-state index is 0. The fourth-order valence-corrected chi connectivity index (χ4v) is 1.83. The highest BCUT2D eigenvalue weighted by Gasteiger charge is 2.20. The van der Waals surface area contributed by atoms with Gasteiger partial charge in [-0.05, 0) is 31.5 Å². The summed E-state index contributed by atoms with van der Waals surface area (Å²) >= 11 is 0. The first-order chi connectivity index (χ1) is 8.15. The van der Waals surface area contributed by atoms with Crippen molar-refractivity contribution in [2.24, 2.45) is 0 Å². The van der Waals surface area contributed by atoms with Crippen LogP contribution in [0.3, 0.4) is 0 Å². The van der Waals surface area contributed by atoms with Crippen molar-refractivity contribution >= 4 is 18.5 Å². The molecular formula is C13H18ClNO3. The molecule has 1 aliphatic heterocycles. The van der Waals surface area contributed by atoms with Crippen LogP contribution in [0.5, 0.6) is 5.75 Å². The van der Waals surface area contributed by atoms with Gasteiger partial charge >= 0.3 is 6.09 Å². The topological polar surface area (TPSA) is 47.6 Å². The molecule has 0 saturated carbocycles. The van der Waals surface area contributed by atoms with Gasteiger partial charge in [-0.3, -0.25) is 0 Å². The van der Waals surface area contributed by atoms with Gasteiger partial charge in [0.25, 0.3) is 0 Å². The number of rotatable bonds is 3. The fraction of sp³-hybridized carbons (Fsp3) is 0.462. The lowest BCUT2D eigenvalue weighted by Gasteiger charge is -2.23. The number of hydrogen-bond donors (Lipinski definition) is 1. The van der Waals surface area contributed by atoms with Crippen molar-refractivity contribution in [3.05, 3.63) is 29.8 Å². The molecule has 1 aliphatic rings. The molecule has 5 heteroatoms. The molecule has 1 heterocycles. The average molecular weight is 272 g/mol. The second-order valence-electron chi connectivity index (χ2n) is 4.36. The summed E-state index contributed by atoms with van der Waals surface area (Å²) in [5.74, 6) is 0.849. The number of benzene rings is 1. The summed E-state index contributed by atoms with van der Waals surface area (Å²) in [6, 6.07) is 7.86. The van der Waals surface area contributed by atoms with Crippen molar-refractivity contribution in [2.45, 2.75) is 32.4 Å². The first-order valence-electron chi connectivity index (χ1n) is 5.85. The third-order valence-corrected chi connectivity index (χ3v) is 2.59. The number of ether oxygens (including phenoxy) is 2. The van der Waals surface area contributed by atoms with E-state index in [9.17, 15) is 4.79 Å². The fourth-order valence-electron chi connectivity index (χ4n) is 1.83. The maximum Gasteiger partial charge on any atom is 0.407 e. The van der Waals surface area contributed by atoms with E-state index < -0.39 is 0 Å². The van der Waals surface area contributed by atoms with Crippen molar-refractivity contribution < 1.29 is 14.3 Å². The molecule has 0 bridgehead atoms. The number of carbonyl (C=O) groups is 1. The average Bonchev–Trinajstić information content (AvgIpc) is 2.29. The number of cyclic esters (lactones) is 1. The minimum atomic E-state index is -0.344. The minimum Gasteiger partial charge on any atom is -0.491 e. The van der Waals surface area contributed by atoms with Crippen molar-refractivity contribution in [3.63, 3.8) is 0 Å². The number of carbonyl (C=O) groups excluding carboxylic acids is 1. The van der Waals surface area contributed by atoms with Gasteiger partial charge in [0.1, 0.15) is 5.75 Å². The molecule has 0 spiro atoms. The van der Waals surface area contributed by atoms with Gasteiger partial charge in [0.15, 0.2) is 0 Å². The van der Waals surface area contributed by atoms with Gasteiger partial charge in [-0.1, -0.05) is 12.1 Å². The van der Waals surface area contributed by atoms with Gasteiger partial charge < -0.3 is 14.8 Å². The Labute approximate surface area is 113 Å². The first-order valence-corrected chi connectivity index (χ1v) is 5.85. The Bertz CT molecular complexity index is 392. The van der Waals surface area contributed by atoms with Crippen LogP contribution in [0, 0.1) is 0 Å². The largest absolute Gasteiger partial charge is 0.491 e. The van der Waals surface area contributed by atoms with Crippen LogP contribution in [0.1, 0.15) is 31.9 Å². The van der Waals surface area contributed by atoms with E-state index in [0.717, 1.165) is 17.7 Å². The van der Waals surface area contributed by atoms with Gasteiger partial charge in [-0.25, -0.2) is 4.79 Å². The zero-order chi connectivity index (χ0) is 12.3. The summed E-state index contributed by atoms with van der Waals surface area (Å²) < 4.78 is 10.4. The van der Waals surface area contributed by atoms with Gasteiger partial charge in [0.05, 0.1) is 18.8 Å². The standard InChI is InChI=1S/C13H17NO3.ClH/c1-9(2)17-11-5-3-10(4-6-11)12-7-8-16-13(15)14-12;/h3-6,9,12H,7-8H2,1-2H3,(H,14,15);1H/t12-;/m1./s1. The molecule has 0 unspecified atom stereocenters. The molecule has 2 rings (SSSR count). The van der Waals surface area contributed by atoms with E-state index in [-0.39, 0.29) is 30.6 Å². The normalized spacial score (nSPS) is 18.6. The molecular weight excluding hydrogens is 254 g/mol. The van der Waals surface area contributed by atoms with Crippen LogP contribution in [0.2, 0.25) is 0 Å². The van der Waals surface area contributed by atoms with E-state index >= 15 is 0 Å². The van der Waals surface area contributed by atoms with Gasteiger partial charge in [0, 0.05) is 6.42 Å². The third kappa shape index (κ3) is 3.81. The van der Waals surface area contributed by atoms with E-state index in [1.165, 1.54) is 0 Å². The number of halogens is 1. The zero-order valence-corrected chi connectivity index (χ0v) is 11.3. The summed E-state index contributed by atoms with van der Waals surface area (Å²) in [5.41, 5.74) is 1.08. The molecule has 1 aromatic rings. The second kappa shape index (κ2) is 6.50. The van der Waals surface area contributed by atoms with Gasteiger partial charge in [-0.15, -0.1) is 12.4 Å². The third-order valence-electron chi connectivity index (χ3n) is 2.59. The SMILES string of the molecule is CC(C)Oc1ccc([C@H]2CCOC(=O)N2)cc1.Cl. The Morgan fingerprint density at radius 1 is 1.33 bits per heavy atom. The Morgan fingerprint density at radius 3 is 2.56 bits per heavy atom. The second-order valence-corrected chi connectivity index (χ2v) is 4.36. The van der Waals surface area contributed by atoms with Crippen LogP contribution in [0.4, 0.5) is 4.79 Å². The van der Waals surface area contributed by atoms with E-state index in [1.54, 1.807) is 0 Å². The quantitative estimate of drug-likeness (QED) is 0.919. The van der Waals surface area contributed by atoms with Crippen molar-refractivity contribution in [3.8, 4) is 5.75 Å². The molecule has 1 N–H and O–H groups in total. The van der Waals surface area contributed by atoms with Crippen LogP contribution in [-0.2, 0) is 4.74 Å². The Hall–Kier alpha value is -1.42. The lowest BCUT2D eigenvalue weighted by atomic mass is 10.0. The number of nitrogens with one attached hydrogen (secondary N) is 1. The maximum atomic E-state index is 11.1. The van der Waals surface area contributed by atoms with E-state index in [2.05, 4.69) is 5.32 Å². The molecule has 1 aromatic carbocycles. The van der Waals surface area contributed by atoms with Crippen molar-refractivity contribution in [1.29, 1.82) is 0 Å². The predicted molar refractivity (Wildman–Crippen MR) is 71.3 cm³/mol. The van der Waals surface area contributed by atoms with Crippen molar-refractivity contribution in [2.75, 3.05) is 6.61 Å². The maximum absolute atomic E-state index is 11.1. The molecule has 4 nitrogen and oxygen atoms in total. The first kappa shape index (κ1) is 14.6. The van der Waals surface area contributed by atoms with Gasteiger partial charge in [0.2, 0.25) is 0 Å². The lowest BCUT2D eigenvalue weighted by Crippen LogP contribution is -2.35. The predicted octanol–water partition coefficient (Wildman–Crippen LogP) is 3.07. The molecule has 1 atom stereocenters. The highest BCUT2D eigenvalue weighted by Crippen LogP contribution is 2.23. The van der Waals surface area contributed by atoms with E-state index in [0.29, 0.717) is 6.61 Å². The van der Waals surface area contributed by atoms with E-state index in [4.69, 9.17) is 9.47 Å². The molecule has 1 fully saturated rings. The van der Waals surface area contributed by atoms with Crippen LogP contribution in [0.25, 0.3) is 0 Å². The molecule has 0 aliphatic carbocycles. The Kier molecular flexibility index (Phi) is 5.28. The van der Waals surface area contributed by atoms with Crippen LogP contribution < -0.4 is 10.1 Å². The molecule has 100 valence electrons. The summed E-state index contributed by atoms with van der Waals surface area (Å²) in [7, 11) is 0. The smallest absolute Gasteiger partial charge is 0.407 e. The highest BCUT2D eigenvalue weighted by atomic mass is 35.5. The van der Waals surface area contributed by atoms with Crippen LogP contribution in [-0.4, -0.2) is 18.8 Å². The molecule has 0 radical (unpaired) electrons.